The maximum absolute atomic E-state index is 11.9. The van der Waals surface area contributed by atoms with Gasteiger partial charge in [0.2, 0.25) is 16.9 Å². The molecule has 0 saturated heterocycles. The molecule has 0 aliphatic heterocycles. The third-order valence-corrected chi connectivity index (χ3v) is 4.04. The molecule has 0 saturated carbocycles. The number of benzene rings is 1. The fraction of sp³-hybridized carbons (Fsp3) is 0.312. The Hall–Kier alpha value is -2.32. The first kappa shape index (κ1) is 19.0. The summed E-state index contributed by atoms with van der Waals surface area (Å²) in [6.07, 6.45) is 1.55. The van der Waals surface area contributed by atoms with Crippen molar-refractivity contribution in [2.75, 3.05) is 5.32 Å². The van der Waals surface area contributed by atoms with Gasteiger partial charge < -0.3 is 5.32 Å². The van der Waals surface area contributed by atoms with E-state index in [9.17, 15) is 9.59 Å². The molecule has 0 atom stereocenters. The van der Waals surface area contributed by atoms with E-state index in [4.69, 9.17) is 11.6 Å². The third kappa shape index (κ3) is 6.24. The maximum Gasteiger partial charge on any atom is 0.247 e. The Labute approximate surface area is 154 Å². The topological polar surface area (TPSA) is 96.3 Å². The van der Waals surface area contributed by atoms with Gasteiger partial charge in [-0.3, -0.25) is 9.59 Å². The summed E-state index contributed by atoms with van der Waals surface area (Å²) in [6, 6.07) is 7.04. The predicted octanol–water partition coefficient (Wildman–Crippen LogP) is 2.87. The van der Waals surface area contributed by atoms with Gasteiger partial charge >= 0.3 is 0 Å². The molecule has 1 aromatic heterocycles. The van der Waals surface area contributed by atoms with Gasteiger partial charge in [-0.1, -0.05) is 55.8 Å². The van der Waals surface area contributed by atoms with Crippen LogP contribution in [0, 0.1) is 5.41 Å². The van der Waals surface area contributed by atoms with Crippen molar-refractivity contribution in [1.82, 2.24) is 15.6 Å². The molecule has 0 spiro atoms. The van der Waals surface area contributed by atoms with Crippen LogP contribution in [0.15, 0.2) is 29.4 Å². The molecule has 0 bridgehead atoms. The number of hydrogen-bond acceptors (Lipinski definition) is 6. The molecular weight excluding hydrogens is 362 g/mol. The minimum Gasteiger partial charge on any atom is -0.300 e. The van der Waals surface area contributed by atoms with Crippen LogP contribution in [0.4, 0.5) is 5.13 Å². The van der Waals surface area contributed by atoms with Crippen molar-refractivity contribution in [2.24, 2.45) is 10.5 Å². The van der Waals surface area contributed by atoms with E-state index in [-0.39, 0.29) is 18.2 Å². The molecule has 1 aromatic carbocycles. The zero-order valence-corrected chi connectivity index (χ0v) is 15.6. The van der Waals surface area contributed by atoms with E-state index in [2.05, 4.69) is 26.0 Å². The molecule has 0 aliphatic rings. The summed E-state index contributed by atoms with van der Waals surface area (Å²) in [4.78, 5) is 23.7. The number of hydrogen-bond donors (Lipinski definition) is 2. The molecule has 0 fully saturated rings. The Bertz CT molecular complexity index is 781. The van der Waals surface area contributed by atoms with E-state index in [1.807, 2.05) is 0 Å². The van der Waals surface area contributed by atoms with Gasteiger partial charge in [-0.2, -0.15) is 5.10 Å². The van der Waals surface area contributed by atoms with E-state index in [0.717, 1.165) is 16.9 Å². The smallest absolute Gasteiger partial charge is 0.247 e. The summed E-state index contributed by atoms with van der Waals surface area (Å²) >= 11 is 6.95. The summed E-state index contributed by atoms with van der Waals surface area (Å²) in [5.41, 5.74) is 2.70. The molecule has 2 rings (SSSR count). The molecule has 1 heterocycles. The first-order valence-corrected chi connectivity index (χ1v) is 8.65. The molecule has 0 unspecified atom stereocenters. The molecule has 2 amide bonds. The lowest BCUT2D eigenvalue weighted by molar-refractivity contribution is -0.123. The molecular formula is C16H18ClN5O2S. The normalized spacial score (nSPS) is 11.5. The van der Waals surface area contributed by atoms with Gasteiger partial charge in [0.25, 0.3) is 0 Å². The van der Waals surface area contributed by atoms with Crippen LogP contribution in [0.1, 0.15) is 31.3 Å². The third-order valence-electron chi connectivity index (χ3n) is 2.95. The molecule has 9 heteroatoms. The quantitative estimate of drug-likeness (QED) is 0.616. The molecule has 2 aromatic rings. The van der Waals surface area contributed by atoms with Crippen molar-refractivity contribution >= 4 is 46.1 Å². The van der Waals surface area contributed by atoms with Gasteiger partial charge in [0.15, 0.2) is 0 Å². The van der Waals surface area contributed by atoms with Crippen molar-refractivity contribution in [3.05, 3.63) is 39.9 Å². The Kier molecular flexibility index (Phi) is 6.22. The van der Waals surface area contributed by atoms with Crippen LogP contribution < -0.4 is 10.7 Å². The Balaban J connectivity index is 1.84. The molecule has 7 nitrogen and oxygen atoms in total. The molecule has 25 heavy (non-hydrogen) atoms. The highest BCUT2D eigenvalue weighted by Gasteiger charge is 2.22. The van der Waals surface area contributed by atoms with Crippen LogP contribution >= 0.6 is 22.9 Å². The summed E-state index contributed by atoms with van der Waals surface area (Å²) in [5, 5.41) is 15.8. The fourth-order valence-electron chi connectivity index (χ4n) is 1.56. The van der Waals surface area contributed by atoms with Gasteiger partial charge in [-0.25, -0.2) is 5.43 Å². The highest BCUT2D eigenvalue weighted by Crippen LogP contribution is 2.20. The Morgan fingerprint density at radius 1 is 1.24 bits per heavy atom. The minimum absolute atomic E-state index is 0.0288. The molecule has 132 valence electrons. The standard InChI is InChI=1S/C16H18ClN5O2S/c1-16(2,3)14(24)19-15-22-21-13(25-15)8-12(23)20-18-9-10-4-6-11(17)7-5-10/h4-7,9H,8H2,1-3H3,(H,20,23)(H,19,22,24)/b18-9-. The van der Waals surface area contributed by atoms with Gasteiger partial charge in [0, 0.05) is 10.4 Å². The number of rotatable bonds is 5. The van der Waals surface area contributed by atoms with E-state index < -0.39 is 5.41 Å². The number of carbonyl (C=O) groups excluding carboxylic acids is 2. The van der Waals surface area contributed by atoms with Crippen LogP contribution in [0.5, 0.6) is 0 Å². The number of amides is 2. The zero-order chi connectivity index (χ0) is 18.4. The number of hydrazone groups is 1. The number of aromatic nitrogens is 2. The second-order valence-corrected chi connectivity index (χ2v) is 7.73. The Morgan fingerprint density at radius 3 is 2.56 bits per heavy atom. The lowest BCUT2D eigenvalue weighted by Crippen LogP contribution is -2.27. The van der Waals surface area contributed by atoms with Gasteiger partial charge in [0.05, 0.1) is 12.6 Å². The largest absolute Gasteiger partial charge is 0.300 e. The molecule has 0 radical (unpaired) electrons. The average molecular weight is 380 g/mol. The summed E-state index contributed by atoms with van der Waals surface area (Å²) in [6.45, 7) is 5.41. The second-order valence-electron chi connectivity index (χ2n) is 6.23. The van der Waals surface area contributed by atoms with Crippen molar-refractivity contribution in [1.29, 1.82) is 0 Å². The van der Waals surface area contributed by atoms with Crippen molar-refractivity contribution in [3.63, 3.8) is 0 Å². The number of carbonyl (C=O) groups is 2. The van der Waals surface area contributed by atoms with Crippen LogP contribution in [-0.4, -0.2) is 28.2 Å². The minimum atomic E-state index is -0.528. The average Bonchev–Trinajstić information content (AvgIpc) is 2.95. The van der Waals surface area contributed by atoms with Gasteiger partial charge in [0.1, 0.15) is 5.01 Å². The maximum atomic E-state index is 11.9. The first-order valence-electron chi connectivity index (χ1n) is 7.45. The lowest BCUT2D eigenvalue weighted by Gasteiger charge is -2.15. The van der Waals surface area contributed by atoms with Gasteiger partial charge in [-0.15, -0.1) is 10.2 Å². The van der Waals surface area contributed by atoms with Crippen LogP contribution in [0.2, 0.25) is 5.02 Å². The number of halogens is 1. The number of nitrogens with zero attached hydrogens (tertiary/aromatic N) is 3. The number of anilines is 1. The molecule has 2 N–H and O–H groups in total. The predicted molar refractivity (Wildman–Crippen MR) is 98.9 cm³/mol. The zero-order valence-electron chi connectivity index (χ0n) is 14.0. The van der Waals surface area contributed by atoms with Crippen LogP contribution in [-0.2, 0) is 16.0 Å². The highest BCUT2D eigenvalue weighted by atomic mass is 35.5. The molecule has 0 aliphatic carbocycles. The summed E-state index contributed by atoms with van der Waals surface area (Å²) in [7, 11) is 0. The lowest BCUT2D eigenvalue weighted by atomic mass is 9.96. The SMILES string of the molecule is CC(C)(C)C(=O)Nc1nnc(CC(=O)N/N=C\c2ccc(Cl)cc2)s1. The summed E-state index contributed by atoms with van der Waals surface area (Å²) in [5.74, 6) is -0.484. The fourth-order valence-corrected chi connectivity index (χ4v) is 2.42. The van der Waals surface area contributed by atoms with Gasteiger partial charge in [-0.05, 0) is 17.7 Å². The van der Waals surface area contributed by atoms with Crippen LogP contribution in [0.3, 0.4) is 0 Å². The van der Waals surface area contributed by atoms with E-state index in [1.54, 1.807) is 45.0 Å². The van der Waals surface area contributed by atoms with E-state index in [1.165, 1.54) is 6.21 Å². The van der Waals surface area contributed by atoms with Crippen LogP contribution in [0.25, 0.3) is 0 Å². The monoisotopic (exact) mass is 379 g/mol. The van der Waals surface area contributed by atoms with E-state index >= 15 is 0 Å². The second kappa shape index (κ2) is 8.17. The number of nitrogens with one attached hydrogen (secondary N) is 2. The first-order chi connectivity index (χ1) is 11.7. The highest BCUT2D eigenvalue weighted by molar-refractivity contribution is 7.15. The summed E-state index contributed by atoms with van der Waals surface area (Å²) < 4.78 is 0. The van der Waals surface area contributed by atoms with Crippen molar-refractivity contribution < 1.29 is 9.59 Å². The Morgan fingerprint density at radius 2 is 1.92 bits per heavy atom. The van der Waals surface area contributed by atoms with E-state index in [0.29, 0.717) is 15.2 Å². The van der Waals surface area contributed by atoms with Crippen molar-refractivity contribution in [2.45, 2.75) is 27.2 Å². The van der Waals surface area contributed by atoms with Crippen molar-refractivity contribution in [3.8, 4) is 0 Å².